The van der Waals surface area contributed by atoms with Gasteiger partial charge >= 0.3 is 0 Å². The molecule has 0 saturated heterocycles. The van der Waals surface area contributed by atoms with Crippen molar-refractivity contribution in [1.82, 2.24) is 10.0 Å². The van der Waals surface area contributed by atoms with E-state index in [4.69, 9.17) is 5.73 Å². The molecule has 1 aromatic carbocycles. The zero-order valence-corrected chi connectivity index (χ0v) is 14.5. The second-order valence-corrected chi connectivity index (χ2v) is 7.74. The summed E-state index contributed by atoms with van der Waals surface area (Å²) in [5.41, 5.74) is 5.81. The average Bonchev–Trinajstić information content (AvgIpc) is 2.40. The predicted molar refractivity (Wildman–Crippen MR) is 90.1 cm³/mol. The minimum absolute atomic E-state index is 0.212. The highest BCUT2D eigenvalue weighted by Gasteiger charge is 2.23. The van der Waals surface area contributed by atoms with Crippen LogP contribution >= 0.6 is 0 Å². The fourth-order valence-corrected chi connectivity index (χ4v) is 3.49. The van der Waals surface area contributed by atoms with Gasteiger partial charge in [0.25, 0.3) is 0 Å². The van der Waals surface area contributed by atoms with Gasteiger partial charge in [-0.3, -0.25) is 0 Å². The molecular formula is C15H26N4O2S. The van der Waals surface area contributed by atoms with E-state index in [0.29, 0.717) is 11.5 Å². The van der Waals surface area contributed by atoms with E-state index < -0.39 is 15.6 Å². The van der Waals surface area contributed by atoms with E-state index in [2.05, 4.69) is 15.0 Å². The van der Waals surface area contributed by atoms with Crippen molar-refractivity contribution >= 4 is 16.0 Å². The van der Waals surface area contributed by atoms with Crippen LogP contribution in [0.25, 0.3) is 0 Å². The summed E-state index contributed by atoms with van der Waals surface area (Å²) < 4.78 is 27.6. The summed E-state index contributed by atoms with van der Waals surface area (Å²) >= 11 is 0. The van der Waals surface area contributed by atoms with E-state index in [1.165, 1.54) is 0 Å². The van der Waals surface area contributed by atoms with Gasteiger partial charge in [-0.2, -0.15) is 0 Å². The minimum atomic E-state index is -3.59. The maximum absolute atomic E-state index is 12.5. The summed E-state index contributed by atoms with van der Waals surface area (Å²) in [5.74, 6) is 0.317. The van der Waals surface area contributed by atoms with Gasteiger partial charge in [0.05, 0.1) is 11.4 Å². The first-order valence-electron chi connectivity index (χ1n) is 7.31. The molecular weight excluding hydrogens is 300 g/mol. The standard InChI is InChI=1S/C15H26N4O2S/c1-5-10-17-14(16)18-11-12-8-6-7-9-13(12)22(20,21)19-15(2,3)4/h6-9,19H,5,10-11H2,1-4H3,(H3,16,17,18). The number of rotatable bonds is 6. The van der Waals surface area contributed by atoms with Crippen LogP contribution in [0, 0.1) is 0 Å². The second kappa shape index (κ2) is 7.60. The van der Waals surface area contributed by atoms with Crippen LogP contribution in [0.5, 0.6) is 0 Å². The van der Waals surface area contributed by atoms with Gasteiger partial charge in [-0.05, 0) is 38.8 Å². The lowest BCUT2D eigenvalue weighted by Gasteiger charge is -2.21. The van der Waals surface area contributed by atoms with Crippen LogP contribution < -0.4 is 15.8 Å². The smallest absolute Gasteiger partial charge is 0.241 e. The number of nitrogens with one attached hydrogen (secondary N) is 2. The third-order valence-corrected chi connectivity index (χ3v) is 4.54. The molecule has 6 nitrogen and oxygen atoms in total. The Bertz CT molecular complexity index is 619. The monoisotopic (exact) mass is 326 g/mol. The zero-order chi connectivity index (χ0) is 16.8. The third-order valence-electron chi connectivity index (χ3n) is 2.68. The average molecular weight is 326 g/mol. The Labute approximate surface area is 133 Å². The van der Waals surface area contributed by atoms with Crippen molar-refractivity contribution in [3.63, 3.8) is 0 Å². The van der Waals surface area contributed by atoms with Gasteiger partial charge in [0.1, 0.15) is 0 Å². The number of aliphatic imine (C=N–C) groups is 1. The van der Waals surface area contributed by atoms with Crippen LogP contribution in [0.4, 0.5) is 0 Å². The number of hydrogen-bond donors (Lipinski definition) is 3. The molecule has 0 aliphatic heterocycles. The molecule has 0 radical (unpaired) electrons. The summed E-state index contributed by atoms with van der Waals surface area (Å²) in [6, 6.07) is 6.81. The minimum Gasteiger partial charge on any atom is -0.370 e. The summed E-state index contributed by atoms with van der Waals surface area (Å²) in [5, 5.41) is 2.96. The first-order valence-corrected chi connectivity index (χ1v) is 8.79. The second-order valence-electron chi connectivity index (χ2n) is 6.09. The molecule has 0 unspecified atom stereocenters. The highest BCUT2D eigenvalue weighted by atomic mass is 32.2. The van der Waals surface area contributed by atoms with Crippen LogP contribution in [0.2, 0.25) is 0 Å². The van der Waals surface area contributed by atoms with Crippen molar-refractivity contribution in [1.29, 1.82) is 0 Å². The number of sulfonamides is 1. The van der Waals surface area contributed by atoms with Crippen molar-refractivity contribution in [3.05, 3.63) is 29.8 Å². The Hall–Kier alpha value is -1.60. The van der Waals surface area contributed by atoms with Crippen LogP contribution in [0.15, 0.2) is 34.2 Å². The molecule has 22 heavy (non-hydrogen) atoms. The van der Waals surface area contributed by atoms with E-state index in [-0.39, 0.29) is 11.4 Å². The van der Waals surface area contributed by atoms with Crippen LogP contribution in [0.1, 0.15) is 39.7 Å². The molecule has 4 N–H and O–H groups in total. The normalized spacial score (nSPS) is 13.2. The number of guanidine groups is 1. The van der Waals surface area contributed by atoms with E-state index in [1.807, 2.05) is 6.92 Å². The van der Waals surface area contributed by atoms with Crippen molar-refractivity contribution < 1.29 is 8.42 Å². The van der Waals surface area contributed by atoms with Crippen molar-refractivity contribution in [3.8, 4) is 0 Å². The van der Waals surface area contributed by atoms with Gasteiger partial charge in [0.15, 0.2) is 5.96 Å². The molecule has 0 aliphatic carbocycles. The molecule has 124 valence electrons. The number of benzene rings is 1. The summed E-state index contributed by atoms with van der Waals surface area (Å²) in [7, 11) is -3.59. The molecule has 0 heterocycles. The lowest BCUT2D eigenvalue weighted by atomic mass is 10.1. The largest absolute Gasteiger partial charge is 0.370 e. The van der Waals surface area contributed by atoms with Gasteiger partial charge in [0, 0.05) is 12.1 Å². The van der Waals surface area contributed by atoms with E-state index in [0.717, 1.165) is 13.0 Å². The Morgan fingerprint density at radius 2 is 1.91 bits per heavy atom. The third kappa shape index (κ3) is 6.03. The van der Waals surface area contributed by atoms with Gasteiger partial charge < -0.3 is 11.1 Å². The van der Waals surface area contributed by atoms with E-state index in [1.54, 1.807) is 45.0 Å². The first kappa shape index (κ1) is 18.4. The van der Waals surface area contributed by atoms with Crippen LogP contribution in [-0.2, 0) is 16.6 Å². The highest BCUT2D eigenvalue weighted by Crippen LogP contribution is 2.18. The molecule has 0 amide bonds. The summed E-state index contributed by atoms with van der Waals surface area (Å²) in [6.45, 7) is 8.39. The fourth-order valence-electron chi connectivity index (χ4n) is 1.83. The fraction of sp³-hybridized carbons (Fsp3) is 0.533. The molecule has 0 aliphatic rings. The van der Waals surface area contributed by atoms with E-state index >= 15 is 0 Å². The lowest BCUT2D eigenvalue weighted by Crippen LogP contribution is -2.40. The topological polar surface area (TPSA) is 96.6 Å². The molecule has 0 bridgehead atoms. The van der Waals surface area contributed by atoms with Crippen molar-refractivity contribution in [2.24, 2.45) is 10.7 Å². The van der Waals surface area contributed by atoms with Crippen LogP contribution in [0.3, 0.4) is 0 Å². The van der Waals surface area contributed by atoms with Gasteiger partial charge in [-0.1, -0.05) is 25.1 Å². The van der Waals surface area contributed by atoms with Gasteiger partial charge in [0.2, 0.25) is 10.0 Å². The zero-order valence-electron chi connectivity index (χ0n) is 13.7. The Morgan fingerprint density at radius 1 is 1.27 bits per heavy atom. The summed E-state index contributed by atoms with van der Waals surface area (Å²) in [6.07, 6.45) is 0.941. The molecule has 0 saturated carbocycles. The highest BCUT2D eigenvalue weighted by molar-refractivity contribution is 7.89. The Kier molecular flexibility index (Phi) is 6.37. The number of nitrogens with zero attached hydrogens (tertiary/aromatic N) is 1. The molecule has 0 aromatic heterocycles. The quantitative estimate of drug-likeness (QED) is 0.546. The first-order chi connectivity index (χ1) is 10.2. The molecule has 1 rings (SSSR count). The summed E-state index contributed by atoms with van der Waals surface area (Å²) in [4.78, 5) is 4.43. The number of hydrogen-bond acceptors (Lipinski definition) is 3. The maximum Gasteiger partial charge on any atom is 0.241 e. The maximum atomic E-state index is 12.5. The SMILES string of the molecule is CCCNC(N)=NCc1ccccc1S(=O)(=O)NC(C)(C)C. The lowest BCUT2D eigenvalue weighted by molar-refractivity contribution is 0.491. The van der Waals surface area contributed by atoms with Crippen molar-refractivity contribution in [2.45, 2.75) is 51.1 Å². The Balaban J connectivity index is 3.00. The molecule has 0 fully saturated rings. The van der Waals surface area contributed by atoms with Crippen LogP contribution in [-0.4, -0.2) is 26.5 Å². The van der Waals surface area contributed by atoms with Gasteiger partial charge in [-0.15, -0.1) is 0 Å². The molecule has 0 spiro atoms. The van der Waals surface area contributed by atoms with Gasteiger partial charge in [-0.25, -0.2) is 18.1 Å². The van der Waals surface area contributed by atoms with Crippen molar-refractivity contribution in [2.75, 3.05) is 6.54 Å². The Morgan fingerprint density at radius 3 is 2.50 bits per heavy atom. The predicted octanol–water partition coefficient (Wildman–Crippen LogP) is 1.58. The molecule has 7 heteroatoms. The van der Waals surface area contributed by atoms with E-state index in [9.17, 15) is 8.42 Å². The molecule has 0 atom stereocenters. The number of nitrogens with two attached hydrogens (primary N) is 1. The molecule has 1 aromatic rings.